The van der Waals surface area contributed by atoms with E-state index in [0.29, 0.717) is 17.2 Å². The molecule has 0 fully saturated rings. The van der Waals surface area contributed by atoms with Crippen molar-refractivity contribution in [1.29, 1.82) is 0 Å². The van der Waals surface area contributed by atoms with Gasteiger partial charge < -0.3 is 9.88 Å². The summed E-state index contributed by atoms with van der Waals surface area (Å²) in [6.07, 6.45) is 4.59. The molecule has 0 aliphatic heterocycles. The van der Waals surface area contributed by atoms with E-state index in [-0.39, 0.29) is 6.54 Å². The van der Waals surface area contributed by atoms with E-state index in [9.17, 15) is 10.0 Å². The number of nitrogens with one attached hydrogen (secondary N) is 1. The van der Waals surface area contributed by atoms with Crippen LogP contribution < -0.4 is 5.32 Å². The molecule has 5 nitrogen and oxygen atoms in total. The second-order valence-electron chi connectivity index (χ2n) is 4.19. The normalized spacial score (nSPS) is 10.2. The summed E-state index contributed by atoms with van der Waals surface area (Å²) >= 11 is 0. The largest absolute Gasteiger partial charge is 0.354 e. The van der Waals surface area contributed by atoms with Gasteiger partial charge in [0.25, 0.3) is 0 Å². The van der Waals surface area contributed by atoms with Crippen molar-refractivity contribution >= 4 is 11.7 Å². The molecule has 0 unspecified atom stereocenters. The van der Waals surface area contributed by atoms with Gasteiger partial charge in [0.2, 0.25) is 0 Å². The number of rotatable bonds is 5. The fourth-order valence-corrected chi connectivity index (χ4v) is 1.73. The van der Waals surface area contributed by atoms with Crippen LogP contribution in [0, 0.1) is 0 Å². The van der Waals surface area contributed by atoms with Crippen LogP contribution in [-0.4, -0.2) is 27.4 Å². The number of nitrogens with zero attached hydrogens (tertiary/aromatic N) is 2. The van der Waals surface area contributed by atoms with Crippen molar-refractivity contribution in [3.8, 4) is 0 Å². The predicted octanol–water partition coefficient (Wildman–Crippen LogP) is 2.80. The molecule has 0 aliphatic rings. The predicted molar refractivity (Wildman–Crippen MR) is 73.0 cm³/mol. The Bertz CT molecular complexity index is 497. The maximum atomic E-state index is 11.7. The Labute approximate surface area is 112 Å². The van der Waals surface area contributed by atoms with Crippen LogP contribution in [0.2, 0.25) is 0 Å². The molecular formula is C14H17N3O2. The topological polar surface area (TPSA) is 57.5 Å². The van der Waals surface area contributed by atoms with E-state index in [4.69, 9.17) is 0 Å². The summed E-state index contributed by atoms with van der Waals surface area (Å²) in [6.45, 7) is 1.06. The molecule has 1 heterocycles. The van der Waals surface area contributed by atoms with Crippen LogP contribution >= 0.6 is 0 Å². The summed E-state index contributed by atoms with van der Waals surface area (Å²) in [5.74, 6) is 0. The first-order chi connectivity index (χ1) is 9.25. The van der Waals surface area contributed by atoms with Gasteiger partial charge in [0, 0.05) is 24.6 Å². The lowest BCUT2D eigenvalue weighted by atomic mass is 10.3. The van der Waals surface area contributed by atoms with E-state index >= 15 is 0 Å². The number of para-hydroxylation sites is 1. The van der Waals surface area contributed by atoms with Crippen molar-refractivity contribution in [3.05, 3.63) is 54.9 Å². The fraction of sp³-hybridized carbons (Fsp3) is 0.214. The lowest BCUT2D eigenvalue weighted by molar-refractivity contribution is -0.0385. The number of hydrogen-bond donors (Lipinski definition) is 2. The van der Waals surface area contributed by atoms with Crippen LogP contribution in [0.5, 0.6) is 0 Å². The Morgan fingerprint density at radius 1 is 1.16 bits per heavy atom. The third kappa shape index (κ3) is 4.15. The van der Waals surface area contributed by atoms with E-state index in [1.807, 2.05) is 47.3 Å². The molecule has 5 heteroatoms. The molecule has 0 spiro atoms. The Balaban J connectivity index is 1.73. The van der Waals surface area contributed by atoms with Crippen LogP contribution in [0.3, 0.4) is 0 Å². The van der Waals surface area contributed by atoms with Gasteiger partial charge in [-0.1, -0.05) is 18.2 Å². The van der Waals surface area contributed by atoms with Crippen molar-refractivity contribution in [2.75, 3.05) is 11.9 Å². The minimum absolute atomic E-state index is 0.289. The molecule has 0 saturated heterocycles. The zero-order valence-electron chi connectivity index (χ0n) is 10.6. The van der Waals surface area contributed by atoms with E-state index in [1.54, 1.807) is 12.1 Å². The molecule has 0 aliphatic carbocycles. The maximum absolute atomic E-state index is 11.7. The molecule has 0 bridgehead atoms. The van der Waals surface area contributed by atoms with Crippen molar-refractivity contribution in [2.24, 2.45) is 0 Å². The molecule has 19 heavy (non-hydrogen) atoms. The van der Waals surface area contributed by atoms with Crippen molar-refractivity contribution in [2.45, 2.75) is 13.0 Å². The first-order valence-corrected chi connectivity index (χ1v) is 6.19. The summed E-state index contributed by atoms with van der Waals surface area (Å²) in [6, 6.07) is 12.4. The first-order valence-electron chi connectivity index (χ1n) is 6.19. The number of amides is 2. The SMILES string of the molecule is O=C(Nc1ccccc1)N(O)CCCn1cccc1. The van der Waals surface area contributed by atoms with Crippen molar-refractivity contribution in [3.63, 3.8) is 0 Å². The third-order valence-electron chi connectivity index (χ3n) is 2.71. The number of anilines is 1. The monoisotopic (exact) mass is 259 g/mol. The van der Waals surface area contributed by atoms with Gasteiger partial charge in [0.05, 0.1) is 6.54 Å². The van der Waals surface area contributed by atoms with Gasteiger partial charge in [0.1, 0.15) is 0 Å². The molecule has 2 N–H and O–H groups in total. The van der Waals surface area contributed by atoms with Gasteiger partial charge in [-0.25, -0.2) is 9.86 Å². The highest BCUT2D eigenvalue weighted by Crippen LogP contribution is 2.06. The summed E-state index contributed by atoms with van der Waals surface area (Å²) in [7, 11) is 0. The van der Waals surface area contributed by atoms with Crippen molar-refractivity contribution in [1.82, 2.24) is 9.63 Å². The van der Waals surface area contributed by atoms with Gasteiger partial charge in [0.15, 0.2) is 0 Å². The zero-order chi connectivity index (χ0) is 13.5. The molecular weight excluding hydrogens is 242 g/mol. The number of aryl methyl sites for hydroxylation is 1. The Morgan fingerprint density at radius 2 is 1.84 bits per heavy atom. The minimum atomic E-state index is -0.515. The number of hydroxylamine groups is 2. The molecule has 0 radical (unpaired) electrons. The third-order valence-corrected chi connectivity index (χ3v) is 2.71. The van der Waals surface area contributed by atoms with E-state index in [0.717, 1.165) is 6.54 Å². The highest BCUT2D eigenvalue weighted by molar-refractivity contribution is 5.88. The molecule has 2 rings (SSSR count). The molecule has 100 valence electrons. The summed E-state index contributed by atoms with van der Waals surface area (Å²) in [5, 5.41) is 12.9. The van der Waals surface area contributed by atoms with E-state index < -0.39 is 6.03 Å². The van der Waals surface area contributed by atoms with Crippen LogP contribution in [0.4, 0.5) is 10.5 Å². The molecule has 2 aromatic rings. The number of carbonyl (C=O) groups excluding carboxylic acids is 1. The Morgan fingerprint density at radius 3 is 2.53 bits per heavy atom. The van der Waals surface area contributed by atoms with Crippen LogP contribution in [0.25, 0.3) is 0 Å². The Hall–Kier alpha value is -2.27. The average Bonchev–Trinajstić information content (AvgIpc) is 2.93. The van der Waals surface area contributed by atoms with E-state index in [2.05, 4.69) is 5.32 Å². The lowest BCUT2D eigenvalue weighted by Crippen LogP contribution is -2.33. The van der Waals surface area contributed by atoms with Crippen molar-refractivity contribution < 1.29 is 10.0 Å². The van der Waals surface area contributed by atoms with Gasteiger partial charge in [-0.3, -0.25) is 5.21 Å². The average molecular weight is 259 g/mol. The number of aromatic nitrogens is 1. The molecule has 0 atom stereocenters. The lowest BCUT2D eigenvalue weighted by Gasteiger charge is -2.15. The molecule has 2 amide bonds. The zero-order valence-corrected chi connectivity index (χ0v) is 10.6. The second-order valence-corrected chi connectivity index (χ2v) is 4.19. The van der Waals surface area contributed by atoms with Crippen LogP contribution in [-0.2, 0) is 6.54 Å². The summed E-state index contributed by atoms with van der Waals surface area (Å²) < 4.78 is 2.00. The van der Waals surface area contributed by atoms with Crippen LogP contribution in [0.1, 0.15) is 6.42 Å². The molecule has 1 aromatic carbocycles. The number of benzene rings is 1. The molecule has 0 saturated carbocycles. The minimum Gasteiger partial charge on any atom is -0.354 e. The highest BCUT2D eigenvalue weighted by atomic mass is 16.5. The Kier molecular flexibility index (Phi) is 4.58. The number of hydrogen-bond acceptors (Lipinski definition) is 2. The van der Waals surface area contributed by atoms with Gasteiger partial charge in [-0.05, 0) is 30.7 Å². The molecule has 1 aromatic heterocycles. The standard InChI is InChI=1S/C14H17N3O2/c18-14(15-13-7-2-1-3-8-13)17(19)12-6-11-16-9-4-5-10-16/h1-5,7-10,19H,6,11-12H2,(H,15,18). The second kappa shape index (κ2) is 6.61. The smallest absolute Gasteiger partial charge is 0.345 e. The quantitative estimate of drug-likeness (QED) is 0.640. The number of urea groups is 1. The van der Waals surface area contributed by atoms with Gasteiger partial charge in [-0.15, -0.1) is 0 Å². The maximum Gasteiger partial charge on any atom is 0.345 e. The number of carbonyl (C=O) groups is 1. The van der Waals surface area contributed by atoms with Gasteiger partial charge >= 0.3 is 6.03 Å². The summed E-state index contributed by atoms with van der Waals surface area (Å²) in [4.78, 5) is 11.7. The highest BCUT2D eigenvalue weighted by Gasteiger charge is 2.09. The van der Waals surface area contributed by atoms with E-state index in [1.165, 1.54) is 0 Å². The first kappa shape index (κ1) is 13.2. The fourth-order valence-electron chi connectivity index (χ4n) is 1.73. The van der Waals surface area contributed by atoms with Crippen LogP contribution in [0.15, 0.2) is 54.9 Å². The summed E-state index contributed by atoms with van der Waals surface area (Å²) in [5.41, 5.74) is 0.664. The van der Waals surface area contributed by atoms with Gasteiger partial charge in [-0.2, -0.15) is 0 Å².